The molecule has 234 valence electrons. The Labute approximate surface area is 258 Å². The highest BCUT2D eigenvalue weighted by Crippen LogP contribution is 2.50. The van der Waals surface area contributed by atoms with Crippen LogP contribution in [0.15, 0.2) is 64.0 Å². The quantitative estimate of drug-likeness (QED) is 0.217. The summed E-state index contributed by atoms with van der Waals surface area (Å²) in [6.07, 6.45) is 11.2. The number of rotatable bonds is 10. The third-order valence-electron chi connectivity index (χ3n) is 9.28. The van der Waals surface area contributed by atoms with Crippen molar-refractivity contribution in [1.82, 2.24) is 9.88 Å². The van der Waals surface area contributed by atoms with E-state index in [1.54, 1.807) is 42.0 Å². The second-order valence-corrected chi connectivity index (χ2v) is 13.2. The first-order chi connectivity index (χ1) is 21.0. The van der Waals surface area contributed by atoms with Gasteiger partial charge in [-0.3, -0.25) is 14.4 Å². The van der Waals surface area contributed by atoms with Crippen molar-refractivity contribution in [3.8, 4) is 0 Å². The van der Waals surface area contributed by atoms with Gasteiger partial charge in [0, 0.05) is 29.8 Å². The van der Waals surface area contributed by atoms with Crippen LogP contribution in [0, 0.1) is 30.1 Å². The van der Waals surface area contributed by atoms with Crippen molar-refractivity contribution in [2.75, 3.05) is 12.4 Å². The van der Waals surface area contributed by atoms with Gasteiger partial charge in [-0.15, -0.1) is 0 Å². The van der Waals surface area contributed by atoms with Gasteiger partial charge in [0.1, 0.15) is 17.3 Å². The molecule has 2 saturated carbocycles. The Morgan fingerprint density at radius 2 is 1.84 bits per heavy atom. The SMILES string of the molecule is COC(=O)/C=C/CCC(NC(=O)c1oc2ccccc2c1C)C(=O)Nc1cccn(CC2(C)CC3CC(C)CC(C3)C2)c1=O. The molecular formula is C35H43N3O6. The lowest BCUT2D eigenvalue weighted by atomic mass is 9.59. The maximum Gasteiger partial charge on any atom is 0.330 e. The van der Waals surface area contributed by atoms with Crippen LogP contribution in [0.4, 0.5) is 5.69 Å². The number of allylic oxidation sites excluding steroid dienone is 1. The van der Waals surface area contributed by atoms with Crippen molar-refractivity contribution in [2.24, 2.45) is 23.2 Å². The Morgan fingerprint density at radius 3 is 2.55 bits per heavy atom. The highest BCUT2D eigenvalue weighted by molar-refractivity contribution is 6.03. The van der Waals surface area contributed by atoms with Crippen molar-refractivity contribution < 1.29 is 23.5 Å². The van der Waals surface area contributed by atoms with Crippen LogP contribution >= 0.6 is 0 Å². The molecule has 2 aliphatic carbocycles. The Morgan fingerprint density at radius 1 is 1.11 bits per heavy atom. The van der Waals surface area contributed by atoms with Gasteiger partial charge in [0.15, 0.2) is 5.76 Å². The summed E-state index contributed by atoms with van der Waals surface area (Å²) in [6.45, 7) is 7.03. The van der Waals surface area contributed by atoms with Gasteiger partial charge in [0.2, 0.25) is 5.91 Å². The zero-order valence-electron chi connectivity index (χ0n) is 26.1. The van der Waals surface area contributed by atoms with Gasteiger partial charge in [-0.05, 0) is 93.2 Å². The van der Waals surface area contributed by atoms with Crippen LogP contribution in [0.3, 0.4) is 0 Å². The number of aromatic nitrogens is 1. The smallest absolute Gasteiger partial charge is 0.330 e. The first kappa shape index (κ1) is 31.3. The number of hydrogen-bond donors (Lipinski definition) is 2. The molecule has 3 aromatic rings. The standard InChI is InChI=1S/C35H43N3O6/c1-22-16-24-18-25(17-22)20-35(3,19-24)21-38-15-9-12-28(34(38)42)37-32(40)27(11-6-8-14-30(39)43-4)36-33(41)31-23(2)26-10-5-7-13-29(26)44-31/h5,7-10,12-15,22,24-25,27H,6,11,16-21H2,1-4H3,(H,36,41)(H,37,40)/b14-8+. The van der Waals surface area contributed by atoms with Gasteiger partial charge >= 0.3 is 5.97 Å². The first-order valence-corrected chi connectivity index (χ1v) is 15.6. The molecule has 0 aliphatic heterocycles. The van der Waals surface area contributed by atoms with Crippen LogP contribution in [-0.4, -0.2) is 35.5 Å². The number of para-hydroxylation sites is 1. The zero-order valence-corrected chi connectivity index (χ0v) is 26.1. The molecule has 2 bridgehead atoms. The number of fused-ring (bicyclic) bond motifs is 3. The van der Waals surface area contributed by atoms with Crippen molar-refractivity contribution in [3.05, 3.63) is 76.4 Å². The molecule has 9 nitrogen and oxygen atoms in total. The van der Waals surface area contributed by atoms with Gasteiger partial charge in [-0.2, -0.15) is 0 Å². The second-order valence-electron chi connectivity index (χ2n) is 13.2. The van der Waals surface area contributed by atoms with Crippen LogP contribution in [0.1, 0.15) is 74.9 Å². The fourth-order valence-electron chi connectivity index (χ4n) is 7.62. The van der Waals surface area contributed by atoms with E-state index in [0.717, 1.165) is 24.1 Å². The molecule has 2 aliphatic rings. The molecule has 2 fully saturated rings. The molecule has 0 spiro atoms. The molecule has 2 amide bonds. The van der Waals surface area contributed by atoms with Gasteiger partial charge in [0.05, 0.1) is 7.11 Å². The molecule has 3 unspecified atom stereocenters. The highest BCUT2D eigenvalue weighted by Gasteiger charge is 2.41. The average Bonchev–Trinajstić information content (AvgIpc) is 3.32. The summed E-state index contributed by atoms with van der Waals surface area (Å²) < 4.78 is 12.2. The minimum Gasteiger partial charge on any atom is -0.466 e. The predicted octanol–water partition coefficient (Wildman–Crippen LogP) is 6.00. The number of amides is 2. The molecule has 44 heavy (non-hydrogen) atoms. The lowest BCUT2D eigenvalue weighted by Crippen LogP contribution is -2.45. The van der Waals surface area contributed by atoms with Gasteiger partial charge in [-0.1, -0.05) is 38.1 Å². The number of pyridine rings is 1. The van der Waals surface area contributed by atoms with Crippen molar-refractivity contribution in [1.29, 1.82) is 0 Å². The van der Waals surface area contributed by atoms with E-state index in [9.17, 15) is 19.2 Å². The molecule has 0 radical (unpaired) electrons. The largest absolute Gasteiger partial charge is 0.466 e. The number of esters is 1. The normalized spacial score (nSPS) is 23.8. The summed E-state index contributed by atoms with van der Waals surface area (Å²) in [5, 5.41) is 6.37. The van der Waals surface area contributed by atoms with E-state index in [1.807, 2.05) is 18.2 Å². The van der Waals surface area contributed by atoms with E-state index in [0.29, 0.717) is 35.9 Å². The van der Waals surface area contributed by atoms with Crippen LogP contribution in [0.5, 0.6) is 0 Å². The summed E-state index contributed by atoms with van der Waals surface area (Å²) in [4.78, 5) is 52.0. The fourth-order valence-corrected chi connectivity index (χ4v) is 7.62. The fraction of sp³-hybridized carbons (Fsp3) is 0.486. The monoisotopic (exact) mass is 601 g/mol. The predicted molar refractivity (Wildman–Crippen MR) is 169 cm³/mol. The second kappa shape index (κ2) is 13.2. The highest BCUT2D eigenvalue weighted by atomic mass is 16.5. The summed E-state index contributed by atoms with van der Waals surface area (Å²) >= 11 is 0. The van der Waals surface area contributed by atoms with Crippen LogP contribution < -0.4 is 16.2 Å². The number of nitrogens with zero attached hydrogens (tertiary/aromatic N) is 1. The van der Waals surface area contributed by atoms with E-state index in [-0.39, 0.29) is 28.8 Å². The number of ether oxygens (including phenoxy) is 1. The molecule has 1 aromatic carbocycles. The van der Waals surface area contributed by atoms with Crippen molar-refractivity contribution >= 4 is 34.4 Å². The lowest BCUT2D eigenvalue weighted by molar-refractivity contribution is -0.134. The Balaban J connectivity index is 1.32. The molecular weight excluding hydrogens is 558 g/mol. The third kappa shape index (κ3) is 7.14. The summed E-state index contributed by atoms with van der Waals surface area (Å²) in [7, 11) is 1.28. The number of aryl methyl sites for hydroxylation is 1. The van der Waals surface area contributed by atoms with Gasteiger partial charge in [0.25, 0.3) is 11.5 Å². The molecule has 2 N–H and O–H groups in total. The van der Waals surface area contributed by atoms with Crippen molar-refractivity contribution in [2.45, 2.75) is 78.3 Å². The maximum absolute atomic E-state index is 13.6. The van der Waals surface area contributed by atoms with E-state index in [2.05, 4.69) is 29.2 Å². The number of methoxy groups -OCH3 is 1. The number of furan rings is 1. The van der Waals surface area contributed by atoms with Gasteiger partial charge < -0.3 is 24.4 Å². The third-order valence-corrected chi connectivity index (χ3v) is 9.28. The number of nitrogens with one attached hydrogen (secondary N) is 2. The number of carbonyl (C=O) groups is 3. The first-order valence-electron chi connectivity index (χ1n) is 15.6. The molecule has 0 saturated heterocycles. The number of carbonyl (C=O) groups excluding carboxylic acids is 3. The number of hydrogen-bond acceptors (Lipinski definition) is 6. The van der Waals surface area contributed by atoms with E-state index < -0.39 is 23.8 Å². The molecule has 9 heteroatoms. The minimum atomic E-state index is -0.998. The summed E-state index contributed by atoms with van der Waals surface area (Å²) in [5.41, 5.74) is 1.16. The molecule has 2 aromatic heterocycles. The van der Waals surface area contributed by atoms with E-state index >= 15 is 0 Å². The molecule has 5 rings (SSSR count). The van der Waals surface area contributed by atoms with E-state index in [4.69, 9.17) is 4.42 Å². The average molecular weight is 602 g/mol. The van der Waals surface area contributed by atoms with Gasteiger partial charge in [-0.25, -0.2) is 4.79 Å². The zero-order chi connectivity index (χ0) is 31.4. The maximum atomic E-state index is 13.6. The van der Waals surface area contributed by atoms with Crippen LogP contribution in [0.25, 0.3) is 11.0 Å². The number of benzene rings is 1. The summed E-state index contributed by atoms with van der Waals surface area (Å²) in [6, 6.07) is 9.71. The van der Waals surface area contributed by atoms with Crippen LogP contribution in [0.2, 0.25) is 0 Å². The van der Waals surface area contributed by atoms with Crippen molar-refractivity contribution in [3.63, 3.8) is 0 Å². The van der Waals surface area contributed by atoms with E-state index in [1.165, 1.54) is 32.4 Å². The molecule has 2 heterocycles. The number of anilines is 1. The van der Waals surface area contributed by atoms with Crippen LogP contribution in [-0.2, 0) is 20.9 Å². The lowest BCUT2D eigenvalue weighted by Gasteiger charge is -2.47. The molecule has 3 atom stereocenters. The summed E-state index contributed by atoms with van der Waals surface area (Å²) in [5.74, 6) is 0.721. The Bertz CT molecular complexity index is 1600. The topological polar surface area (TPSA) is 120 Å². The minimum absolute atomic E-state index is 0.0209. The Kier molecular flexibility index (Phi) is 9.42. The Hall–Kier alpha value is -4.14.